The molecule has 2 amide bonds. The van der Waals surface area contributed by atoms with Gasteiger partial charge in [0.2, 0.25) is 5.76 Å². The Bertz CT molecular complexity index is 1280. The van der Waals surface area contributed by atoms with Gasteiger partial charge in [0.25, 0.3) is 11.8 Å². The van der Waals surface area contributed by atoms with Crippen molar-refractivity contribution < 1.29 is 14.0 Å². The number of hydrogen-bond acceptors (Lipinski definition) is 3. The molecule has 0 aliphatic heterocycles. The van der Waals surface area contributed by atoms with Crippen LogP contribution in [-0.2, 0) is 0 Å². The number of carbonyl (C=O) groups is 2. The Morgan fingerprint density at radius 1 is 0.833 bits per heavy atom. The maximum absolute atomic E-state index is 13.0. The predicted octanol–water partition coefficient (Wildman–Crippen LogP) is 6.21. The molecule has 0 saturated heterocycles. The van der Waals surface area contributed by atoms with E-state index >= 15 is 0 Å². The fourth-order valence-electron chi connectivity index (χ4n) is 3.15. The molecule has 0 saturated carbocycles. The van der Waals surface area contributed by atoms with Gasteiger partial charge in [-0.15, -0.1) is 0 Å². The van der Waals surface area contributed by atoms with E-state index in [0.29, 0.717) is 32.9 Å². The van der Waals surface area contributed by atoms with Crippen LogP contribution in [0, 0.1) is 13.8 Å². The molecule has 0 aliphatic rings. The first-order valence-corrected chi connectivity index (χ1v) is 9.77. The summed E-state index contributed by atoms with van der Waals surface area (Å²) in [5.74, 6) is -0.801. The first kappa shape index (κ1) is 19.7. The maximum atomic E-state index is 13.0. The molecule has 0 radical (unpaired) electrons. The van der Waals surface area contributed by atoms with Crippen LogP contribution < -0.4 is 10.6 Å². The highest BCUT2D eigenvalue weighted by atomic mass is 35.5. The molecule has 1 aromatic heterocycles. The summed E-state index contributed by atoms with van der Waals surface area (Å²) in [5.41, 5.74) is 4.04. The van der Waals surface area contributed by atoms with Gasteiger partial charge in [-0.25, -0.2) is 0 Å². The summed E-state index contributed by atoms with van der Waals surface area (Å²) < 4.78 is 5.79. The van der Waals surface area contributed by atoms with Crippen LogP contribution in [0.4, 0.5) is 11.4 Å². The molecule has 3 aromatic carbocycles. The van der Waals surface area contributed by atoms with E-state index < -0.39 is 5.91 Å². The van der Waals surface area contributed by atoms with Crippen molar-refractivity contribution in [2.45, 2.75) is 13.8 Å². The van der Waals surface area contributed by atoms with Gasteiger partial charge in [-0.3, -0.25) is 9.59 Å². The molecule has 150 valence electrons. The topological polar surface area (TPSA) is 71.3 Å². The lowest BCUT2D eigenvalue weighted by molar-refractivity contribution is 0.0999. The first-order valence-electron chi connectivity index (χ1n) is 9.39. The van der Waals surface area contributed by atoms with E-state index in [1.165, 1.54) is 0 Å². The lowest BCUT2D eigenvalue weighted by Crippen LogP contribution is -2.17. The molecule has 0 aliphatic carbocycles. The lowest BCUT2D eigenvalue weighted by atomic mass is 10.1. The van der Waals surface area contributed by atoms with Gasteiger partial charge in [0, 0.05) is 21.7 Å². The van der Waals surface area contributed by atoms with E-state index in [4.69, 9.17) is 16.0 Å². The molecule has 0 fully saturated rings. The van der Waals surface area contributed by atoms with E-state index in [-0.39, 0.29) is 11.7 Å². The average molecular weight is 419 g/mol. The molecular formula is C24H19ClN2O3. The Morgan fingerprint density at radius 3 is 2.40 bits per heavy atom. The monoisotopic (exact) mass is 418 g/mol. The SMILES string of the molecule is Cc1ccc(NC(=O)c2oc3ccccc3c2NC(=O)c2cccc(Cl)c2)cc1C. The number of para-hydroxylation sites is 1. The van der Waals surface area contributed by atoms with Crippen molar-refractivity contribution in [2.24, 2.45) is 0 Å². The summed E-state index contributed by atoms with van der Waals surface area (Å²) >= 11 is 6.00. The Hall–Kier alpha value is -3.57. The minimum atomic E-state index is -0.448. The van der Waals surface area contributed by atoms with Crippen molar-refractivity contribution in [1.29, 1.82) is 0 Å². The summed E-state index contributed by atoms with van der Waals surface area (Å²) in [5, 5.41) is 6.75. The minimum Gasteiger partial charge on any atom is -0.449 e. The normalized spacial score (nSPS) is 10.8. The average Bonchev–Trinajstić information content (AvgIpc) is 3.09. The number of carbonyl (C=O) groups excluding carboxylic acids is 2. The number of benzene rings is 3. The van der Waals surface area contributed by atoms with Crippen molar-refractivity contribution in [2.75, 3.05) is 10.6 Å². The van der Waals surface area contributed by atoms with Gasteiger partial charge in [-0.1, -0.05) is 35.9 Å². The zero-order valence-corrected chi connectivity index (χ0v) is 17.2. The molecule has 5 nitrogen and oxygen atoms in total. The highest BCUT2D eigenvalue weighted by Crippen LogP contribution is 2.32. The molecule has 4 aromatic rings. The molecule has 0 atom stereocenters. The molecule has 0 spiro atoms. The lowest BCUT2D eigenvalue weighted by Gasteiger charge is -2.09. The van der Waals surface area contributed by atoms with Gasteiger partial charge < -0.3 is 15.1 Å². The number of aryl methyl sites for hydroxylation is 2. The second kappa shape index (κ2) is 8.05. The Morgan fingerprint density at radius 2 is 1.63 bits per heavy atom. The van der Waals surface area contributed by atoms with Crippen LogP contribution in [-0.4, -0.2) is 11.8 Å². The summed E-state index contributed by atoms with van der Waals surface area (Å²) in [7, 11) is 0. The second-order valence-corrected chi connectivity index (χ2v) is 7.46. The number of nitrogens with one attached hydrogen (secondary N) is 2. The van der Waals surface area contributed by atoms with Gasteiger partial charge in [0.05, 0.1) is 0 Å². The van der Waals surface area contributed by atoms with Gasteiger partial charge in [-0.2, -0.15) is 0 Å². The van der Waals surface area contributed by atoms with Crippen molar-refractivity contribution in [3.63, 3.8) is 0 Å². The Kier molecular flexibility index (Phi) is 5.29. The number of amides is 2. The van der Waals surface area contributed by atoms with Gasteiger partial charge in [0.15, 0.2) is 0 Å². The van der Waals surface area contributed by atoms with Crippen LogP contribution in [0.5, 0.6) is 0 Å². The van der Waals surface area contributed by atoms with Crippen molar-refractivity contribution in [3.8, 4) is 0 Å². The Labute approximate surface area is 178 Å². The molecule has 0 bridgehead atoms. The third-order valence-electron chi connectivity index (χ3n) is 4.89. The molecule has 2 N–H and O–H groups in total. The fourth-order valence-corrected chi connectivity index (χ4v) is 3.34. The number of hydrogen-bond donors (Lipinski definition) is 2. The molecule has 30 heavy (non-hydrogen) atoms. The summed E-state index contributed by atoms with van der Waals surface area (Å²) in [4.78, 5) is 25.8. The van der Waals surface area contributed by atoms with Gasteiger partial charge >= 0.3 is 0 Å². The standard InChI is InChI=1S/C24H19ClN2O3/c1-14-10-11-18(12-15(14)2)26-24(29)22-21(19-8-3-4-9-20(19)30-22)27-23(28)16-6-5-7-17(25)13-16/h3-13H,1-2H3,(H,26,29)(H,27,28). The number of halogens is 1. The molecule has 6 heteroatoms. The van der Waals surface area contributed by atoms with E-state index in [0.717, 1.165) is 11.1 Å². The summed E-state index contributed by atoms with van der Waals surface area (Å²) in [6, 6.07) is 19.4. The molecule has 0 unspecified atom stereocenters. The Balaban J connectivity index is 1.70. The predicted molar refractivity (Wildman–Crippen MR) is 119 cm³/mol. The van der Waals surface area contributed by atoms with Crippen molar-refractivity contribution >= 4 is 45.8 Å². The van der Waals surface area contributed by atoms with Gasteiger partial charge in [0.1, 0.15) is 11.3 Å². The second-order valence-electron chi connectivity index (χ2n) is 7.02. The molecule has 4 rings (SSSR count). The maximum Gasteiger partial charge on any atom is 0.293 e. The van der Waals surface area contributed by atoms with Crippen LogP contribution >= 0.6 is 11.6 Å². The van der Waals surface area contributed by atoms with Crippen LogP contribution in [0.15, 0.2) is 71.1 Å². The summed E-state index contributed by atoms with van der Waals surface area (Å²) in [6.07, 6.45) is 0. The number of furan rings is 1. The van der Waals surface area contributed by atoms with Crippen LogP contribution in [0.2, 0.25) is 5.02 Å². The number of fused-ring (bicyclic) bond motifs is 1. The van der Waals surface area contributed by atoms with E-state index in [1.54, 1.807) is 42.5 Å². The quantitative estimate of drug-likeness (QED) is 0.414. The number of anilines is 2. The van der Waals surface area contributed by atoms with Crippen LogP contribution in [0.1, 0.15) is 32.0 Å². The molecule has 1 heterocycles. The summed E-state index contributed by atoms with van der Waals surface area (Å²) in [6.45, 7) is 3.98. The van der Waals surface area contributed by atoms with Gasteiger partial charge in [-0.05, 0) is 67.4 Å². The third-order valence-corrected chi connectivity index (χ3v) is 5.13. The minimum absolute atomic E-state index is 0.0322. The third kappa shape index (κ3) is 3.93. The van der Waals surface area contributed by atoms with Crippen LogP contribution in [0.3, 0.4) is 0 Å². The number of rotatable bonds is 4. The fraction of sp³-hybridized carbons (Fsp3) is 0.0833. The zero-order valence-electron chi connectivity index (χ0n) is 16.5. The smallest absolute Gasteiger partial charge is 0.293 e. The highest BCUT2D eigenvalue weighted by Gasteiger charge is 2.23. The zero-order chi connectivity index (χ0) is 21.3. The van der Waals surface area contributed by atoms with Crippen molar-refractivity contribution in [1.82, 2.24) is 0 Å². The molecular weight excluding hydrogens is 400 g/mol. The van der Waals surface area contributed by atoms with Crippen LogP contribution in [0.25, 0.3) is 11.0 Å². The van der Waals surface area contributed by atoms with Crippen molar-refractivity contribution in [3.05, 3.63) is 94.2 Å². The van der Waals surface area contributed by atoms with E-state index in [2.05, 4.69) is 10.6 Å². The van der Waals surface area contributed by atoms with E-state index in [9.17, 15) is 9.59 Å². The first-order chi connectivity index (χ1) is 14.4. The highest BCUT2D eigenvalue weighted by molar-refractivity contribution is 6.31. The van der Waals surface area contributed by atoms with E-state index in [1.807, 2.05) is 38.1 Å². The largest absolute Gasteiger partial charge is 0.449 e.